The molecule has 0 bridgehead atoms. The number of pyridine rings is 1. The topological polar surface area (TPSA) is 69.9 Å². The largest absolute Gasteiger partial charge is 0.497 e. The van der Waals surface area contributed by atoms with Crippen LogP contribution in [0, 0.1) is 0 Å². The Kier molecular flexibility index (Phi) is 5.80. The highest BCUT2D eigenvalue weighted by Gasteiger charge is 2.15. The van der Waals surface area contributed by atoms with Gasteiger partial charge < -0.3 is 4.74 Å². The van der Waals surface area contributed by atoms with E-state index in [1.165, 1.54) is 11.8 Å². The summed E-state index contributed by atoms with van der Waals surface area (Å²) >= 11 is 1.36. The minimum atomic E-state index is 0.0243. The van der Waals surface area contributed by atoms with E-state index in [1.807, 2.05) is 16.7 Å². The van der Waals surface area contributed by atoms with E-state index in [9.17, 15) is 4.79 Å². The highest BCUT2D eigenvalue weighted by atomic mass is 32.2. The molecular weight excluding hydrogens is 348 g/mol. The highest BCUT2D eigenvalue weighted by molar-refractivity contribution is 7.99. The molecular formula is C19H18N4O2S. The first-order valence-corrected chi connectivity index (χ1v) is 8.96. The van der Waals surface area contributed by atoms with Gasteiger partial charge in [-0.1, -0.05) is 17.8 Å². The van der Waals surface area contributed by atoms with Crippen molar-refractivity contribution in [1.29, 1.82) is 0 Å². The third kappa shape index (κ3) is 4.00. The fourth-order valence-electron chi connectivity index (χ4n) is 2.39. The van der Waals surface area contributed by atoms with Crippen LogP contribution in [0.4, 0.5) is 0 Å². The van der Waals surface area contributed by atoms with Gasteiger partial charge in [0.25, 0.3) is 0 Å². The Morgan fingerprint density at radius 3 is 2.58 bits per heavy atom. The summed E-state index contributed by atoms with van der Waals surface area (Å²) in [6.45, 7) is 4.35. The molecule has 0 radical (unpaired) electrons. The average molecular weight is 366 g/mol. The second kappa shape index (κ2) is 8.44. The molecule has 132 valence electrons. The van der Waals surface area contributed by atoms with Gasteiger partial charge in [0.15, 0.2) is 16.8 Å². The van der Waals surface area contributed by atoms with Crippen LogP contribution in [0.2, 0.25) is 0 Å². The second-order valence-corrected chi connectivity index (χ2v) is 6.32. The monoisotopic (exact) mass is 366 g/mol. The van der Waals surface area contributed by atoms with E-state index < -0.39 is 0 Å². The van der Waals surface area contributed by atoms with Crippen LogP contribution in [0.15, 0.2) is 66.6 Å². The number of thioether (sulfide) groups is 1. The van der Waals surface area contributed by atoms with E-state index in [-0.39, 0.29) is 11.5 Å². The zero-order chi connectivity index (χ0) is 18.4. The van der Waals surface area contributed by atoms with E-state index in [1.54, 1.807) is 49.8 Å². The lowest BCUT2D eigenvalue weighted by atomic mass is 10.1. The number of ketones is 1. The molecule has 3 rings (SSSR count). The van der Waals surface area contributed by atoms with E-state index in [0.717, 1.165) is 17.1 Å². The molecule has 0 saturated heterocycles. The summed E-state index contributed by atoms with van der Waals surface area (Å²) in [5, 5.41) is 9.19. The Morgan fingerprint density at radius 1 is 1.19 bits per heavy atom. The molecule has 0 saturated carbocycles. The summed E-state index contributed by atoms with van der Waals surface area (Å²) < 4.78 is 7.05. The molecule has 1 aromatic carbocycles. The molecule has 0 aliphatic carbocycles. The second-order valence-electron chi connectivity index (χ2n) is 5.38. The van der Waals surface area contributed by atoms with Crippen molar-refractivity contribution in [2.24, 2.45) is 0 Å². The summed E-state index contributed by atoms with van der Waals surface area (Å²) in [5.74, 6) is 1.75. The molecule has 7 heteroatoms. The van der Waals surface area contributed by atoms with Crippen molar-refractivity contribution in [2.45, 2.75) is 11.7 Å². The normalized spacial score (nSPS) is 10.5. The molecule has 0 unspecified atom stereocenters. The molecule has 6 nitrogen and oxygen atoms in total. The van der Waals surface area contributed by atoms with E-state index >= 15 is 0 Å². The zero-order valence-corrected chi connectivity index (χ0v) is 15.1. The van der Waals surface area contributed by atoms with Crippen molar-refractivity contribution >= 4 is 17.5 Å². The molecule has 2 aromatic heterocycles. The molecule has 3 aromatic rings. The maximum absolute atomic E-state index is 12.4. The van der Waals surface area contributed by atoms with Gasteiger partial charge in [-0.05, 0) is 36.4 Å². The molecule has 0 amide bonds. The highest BCUT2D eigenvalue weighted by Crippen LogP contribution is 2.24. The zero-order valence-electron chi connectivity index (χ0n) is 14.3. The van der Waals surface area contributed by atoms with Crippen molar-refractivity contribution in [3.8, 4) is 17.1 Å². The van der Waals surface area contributed by atoms with Crippen LogP contribution in [0.3, 0.4) is 0 Å². The van der Waals surface area contributed by atoms with Gasteiger partial charge in [-0.25, -0.2) is 0 Å². The third-order valence-electron chi connectivity index (χ3n) is 3.71. The van der Waals surface area contributed by atoms with Crippen LogP contribution in [0.25, 0.3) is 11.4 Å². The van der Waals surface area contributed by atoms with Crippen LogP contribution < -0.4 is 4.74 Å². The number of ether oxygens (including phenoxy) is 1. The molecule has 0 aliphatic rings. The summed E-state index contributed by atoms with van der Waals surface area (Å²) in [6.07, 6.45) is 5.20. The van der Waals surface area contributed by atoms with Crippen LogP contribution in [0.1, 0.15) is 10.4 Å². The Labute approximate surface area is 155 Å². The number of hydrogen-bond acceptors (Lipinski definition) is 6. The van der Waals surface area contributed by atoms with E-state index in [4.69, 9.17) is 4.74 Å². The number of carbonyl (C=O) groups excluding carboxylic acids is 1. The lowest BCUT2D eigenvalue weighted by Crippen LogP contribution is -2.05. The summed E-state index contributed by atoms with van der Waals surface area (Å²) in [5.41, 5.74) is 1.56. The number of allylic oxidation sites excluding steroid dienone is 1. The maximum atomic E-state index is 12.4. The molecule has 0 aliphatic heterocycles. The summed E-state index contributed by atoms with van der Waals surface area (Å²) in [4.78, 5) is 16.4. The Balaban J connectivity index is 1.76. The summed E-state index contributed by atoms with van der Waals surface area (Å²) in [7, 11) is 1.60. The number of aromatic nitrogens is 4. The smallest absolute Gasteiger partial charge is 0.192 e. The SMILES string of the molecule is C=CCn1c(SCC(=O)c2ccc(OC)cc2)nnc1-c1ccncc1. The van der Waals surface area contributed by atoms with Crippen LogP contribution in [-0.4, -0.2) is 38.4 Å². The van der Waals surface area contributed by atoms with Gasteiger partial charge in [-0.3, -0.25) is 14.3 Å². The fourth-order valence-corrected chi connectivity index (χ4v) is 3.24. The van der Waals surface area contributed by atoms with Gasteiger partial charge in [0.2, 0.25) is 0 Å². The number of methoxy groups -OCH3 is 1. The van der Waals surface area contributed by atoms with E-state index in [2.05, 4.69) is 21.8 Å². The molecule has 0 fully saturated rings. The number of nitrogens with zero attached hydrogens (tertiary/aromatic N) is 4. The molecule has 26 heavy (non-hydrogen) atoms. The first-order valence-electron chi connectivity index (χ1n) is 7.97. The van der Waals surface area contributed by atoms with Crippen LogP contribution in [0.5, 0.6) is 5.75 Å². The van der Waals surface area contributed by atoms with Crippen LogP contribution >= 0.6 is 11.8 Å². The number of carbonyl (C=O) groups is 1. The van der Waals surface area contributed by atoms with Crippen molar-refractivity contribution in [3.05, 3.63) is 67.0 Å². The lowest BCUT2D eigenvalue weighted by molar-refractivity contribution is 0.102. The first kappa shape index (κ1) is 17.9. The maximum Gasteiger partial charge on any atom is 0.192 e. The minimum absolute atomic E-state index is 0.0243. The third-order valence-corrected chi connectivity index (χ3v) is 4.68. The van der Waals surface area contributed by atoms with Gasteiger partial charge in [-0.2, -0.15) is 0 Å². The van der Waals surface area contributed by atoms with Gasteiger partial charge in [0, 0.05) is 30.1 Å². The van der Waals surface area contributed by atoms with Gasteiger partial charge in [-0.15, -0.1) is 16.8 Å². The fraction of sp³-hybridized carbons (Fsp3) is 0.158. The van der Waals surface area contributed by atoms with Gasteiger partial charge in [0.05, 0.1) is 12.9 Å². The molecule has 2 heterocycles. The van der Waals surface area contributed by atoms with Crippen LogP contribution in [-0.2, 0) is 6.54 Å². The average Bonchev–Trinajstić information content (AvgIpc) is 3.10. The Morgan fingerprint density at radius 2 is 1.92 bits per heavy atom. The van der Waals surface area contributed by atoms with Crippen molar-refractivity contribution < 1.29 is 9.53 Å². The van der Waals surface area contributed by atoms with Crippen molar-refractivity contribution in [3.63, 3.8) is 0 Å². The molecule has 0 spiro atoms. The van der Waals surface area contributed by atoms with Crippen molar-refractivity contribution in [2.75, 3.05) is 12.9 Å². The standard InChI is InChI=1S/C19H18N4O2S/c1-3-12-23-18(15-8-10-20-11-9-15)21-22-19(23)26-13-17(24)14-4-6-16(25-2)7-5-14/h3-11H,1,12-13H2,2H3. The van der Waals surface area contributed by atoms with E-state index in [0.29, 0.717) is 17.3 Å². The number of rotatable bonds is 8. The summed E-state index contributed by atoms with van der Waals surface area (Å²) in [6, 6.07) is 10.8. The first-order chi connectivity index (χ1) is 12.7. The molecule has 0 N–H and O–H groups in total. The number of Topliss-reactive ketones (excluding diaryl/α,β-unsaturated/α-hetero) is 1. The quantitative estimate of drug-likeness (QED) is 0.345. The minimum Gasteiger partial charge on any atom is -0.497 e. The van der Waals surface area contributed by atoms with Gasteiger partial charge >= 0.3 is 0 Å². The number of benzene rings is 1. The number of hydrogen-bond donors (Lipinski definition) is 0. The predicted octanol–water partition coefficient (Wildman–Crippen LogP) is 3.51. The van der Waals surface area contributed by atoms with Crippen molar-refractivity contribution in [1.82, 2.24) is 19.7 Å². The lowest BCUT2D eigenvalue weighted by Gasteiger charge is -2.07. The Bertz CT molecular complexity index is 892. The van der Waals surface area contributed by atoms with Gasteiger partial charge in [0.1, 0.15) is 5.75 Å². The Hall–Kier alpha value is -2.93. The molecule has 0 atom stereocenters. The predicted molar refractivity (Wildman–Crippen MR) is 101 cm³/mol.